The smallest absolute Gasteiger partial charge is 0.267 e. The van der Waals surface area contributed by atoms with Crippen molar-refractivity contribution in [3.63, 3.8) is 0 Å². The van der Waals surface area contributed by atoms with Crippen LogP contribution in [0.1, 0.15) is 47.2 Å². The van der Waals surface area contributed by atoms with Gasteiger partial charge in [-0.3, -0.25) is 14.8 Å². The molecule has 0 saturated carbocycles. The molecule has 0 spiro atoms. The monoisotopic (exact) mass is 384 g/mol. The molecule has 3 heterocycles. The molecule has 4 aromatic rings. The van der Waals surface area contributed by atoms with Crippen LogP contribution in [0.3, 0.4) is 0 Å². The van der Waals surface area contributed by atoms with Crippen LogP contribution in [-0.2, 0) is 0 Å². The molecule has 3 N–H and O–H groups in total. The van der Waals surface area contributed by atoms with E-state index in [0.29, 0.717) is 5.92 Å². The van der Waals surface area contributed by atoms with Crippen LogP contribution in [0.15, 0.2) is 48.7 Å². The Bertz CT molecular complexity index is 1200. The first kappa shape index (κ1) is 18.9. The number of primary amides is 1. The number of pyridine rings is 2. The third-order valence-corrected chi connectivity index (χ3v) is 5.14. The second kappa shape index (κ2) is 7.17. The number of benzene rings is 1. The van der Waals surface area contributed by atoms with Gasteiger partial charge in [-0.25, -0.2) is 0 Å². The van der Waals surface area contributed by atoms with Crippen molar-refractivity contribution in [2.24, 2.45) is 5.73 Å². The molecule has 5 heteroatoms. The third kappa shape index (κ3) is 3.51. The first-order valence-corrected chi connectivity index (χ1v) is 9.71. The van der Waals surface area contributed by atoms with Crippen molar-refractivity contribution < 1.29 is 4.79 Å². The summed E-state index contributed by atoms with van der Waals surface area (Å²) < 4.78 is 0. The molecule has 0 saturated heterocycles. The first-order chi connectivity index (χ1) is 13.8. The van der Waals surface area contributed by atoms with Crippen molar-refractivity contribution in [3.8, 4) is 22.4 Å². The molecule has 0 atom stereocenters. The lowest BCUT2D eigenvalue weighted by molar-refractivity contribution is 0.0995. The maximum absolute atomic E-state index is 11.3. The number of amides is 1. The van der Waals surface area contributed by atoms with Gasteiger partial charge >= 0.3 is 0 Å². The van der Waals surface area contributed by atoms with Gasteiger partial charge in [0.1, 0.15) is 5.69 Å². The van der Waals surface area contributed by atoms with E-state index in [9.17, 15) is 4.79 Å². The van der Waals surface area contributed by atoms with Gasteiger partial charge in [-0.1, -0.05) is 26.0 Å². The zero-order valence-electron chi connectivity index (χ0n) is 17.1. The molecule has 5 nitrogen and oxygen atoms in total. The molecule has 4 rings (SSSR count). The molecule has 1 amide bonds. The lowest BCUT2D eigenvalue weighted by Crippen LogP contribution is -2.12. The topological polar surface area (TPSA) is 84.7 Å². The zero-order chi connectivity index (χ0) is 20.7. The number of aromatic nitrogens is 3. The summed E-state index contributed by atoms with van der Waals surface area (Å²) in [6, 6.07) is 14.1. The second-order valence-electron chi connectivity index (χ2n) is 7.76. The van der Waals surface area contributed by atoms with Crippen molar-refractivity contribution in [2.45, 2.75) is 33.6 Å². The van der Waals surface area contributed by atoms with Crippen LogP contribution in [0.4, 0.5) is 0 Å². The number of nitrogens with two attached hydrogens (primary N) is 1. The number of fused-ring (bicyclic) bond motifs is 1. The van der Waals surface area contributed by atoms with Crippen molar-refractivity contribution in [1.29, 1.82) is 0 Å². The highest BCUT2D eigenvalue weighted by atomic mass is 16.1. The van der Waals surface area contributed by atoms with Crippen LogP contribution in [-0.4, -0.2) is 20.9 Å². The minimum atomic E-state index is -0.521. The fourth-order valence-electron chi connectivity index (χ4n) is 3.91. The van der Waals surface area contributed by atoms with Crippen LogP contribution < -0.4 is 5.73 Å². The Kier molecular flexibility index (Phi) is 4.66. The predicted octanol–water partition coefficient (Wildman–Crippen LogP) is 5.13. The second-order valence-corrected chi connectivity index (χ2v) is 7.76. The summed E-state index contributed by atoms with van der Waals surface area (Å²) in [5, 5.41) is 1.19. The van der Waals surface area contributed by atoms with E-state index in [0.717, 1.165) is 39.3 Å². The molecule has 0 aliphatic carbocycles. The van der Waals surface area contributed by atoms with Gasteiger partial charge < -0.3 is 10.7 Å². The van der Waals surface area contributed by atoms with Crippen molar-refractivity contribution in [1.82, 2.24) is 15.0 Å². The number of carbonyl (C=O) groups excluding carboxylic acids is 1. The van der Waals surface area contributed by atoms with Crippen LogP contribution in [0.25, 0.3) is 33.3 Å². The fraction of sp³-hybridized carbons (Fsp3) is 0.208. The summed E-state index contributed by atoms with van der Waals surface area (Å²) in [5.74, 6) is -0.176. The molecule has 0 radical (unpaired) electrons. The predicted molar refractivity (Wildman–Crippen MR) is 117 cm³/mol. The number of aryl methyl sites for hydroxylation is 2. The Morgan fingerprint density at radius 2 is 1.66 bits per heavy atom. The van der Waals surface area contributed by atoms with E-state index in [2.05, 4.69) is 59.1 Å². The van der Waals surface area contributed by atoms with Gasteiger partial charge in [-0.05, 0) is 61.2 Å². The van der Waals surface area contributed by atoms with Gasteiger partial charge in [0.25, 0.3) is 5.91 Å². The average molecular weight is 384 g/mol. The molecular weight excluding hydrogens is 360 g/mol. The van der Waals surface area contributed by atoms with E-state index in [4.69, 9.17) is 5.73 Å². The maximum Gasteiger partial charge on any atom is 0.267 e. The molecule has 29 heavy (non-hydrogen) atoms. The van der Waals surface area contributed by atoms with E-state index in [-0.39, 0.29) is 5.69 Å². The van der Waals surface area contributed by atoms with Gasteiger partial charge in [-0.2, -0.15) is 0 Å². The lowest BCUT2D eigenvalue weighted by atomic mass is 9.94. The quantitative estimate of drug-likeness (QED) is 0.511. The Balaban J connectivity index is 1.88. The summed E-state index contributed by atoms with van der Waals surface area (Å²) in [5.41, 5.74) is 14.3. The van der Waals surface area contributed by atoms with Crippen molar-refractivity contribution in [2.75, 3.05) is 0 Å². The minimum Gasteiger partial charge on any atom is -0.364 e. The van der Waals surface area contributed by atoms with Crippen molar-refractivity contribution in [3.05, 3.63) is 71.3 Å². The molecular formula is C24H24N4O. The molecule has 0 aliphatic rings. The summed E-state index contributed by atoms with van der Waals surface area (Å²) >= 11 is 0. The number of nitrogens with zero attached hydrogens (tertiary/aromatic N) is 2. The number of nitrogens with one attached hydrogen (secondary N) is 1. The van der Waals surface area contributed by atoms with Crippen LogP contribution in [0.5, 0.6) is 0 Å². The first-order valence-electron chi connectivity index (χ1n) is 9.71. The van der Waals surface area contributed by atoms with E-state index < -0.39 is 5.91 Å². The Hall–Kier alpha value is -3.47. The van der Waals surface area contributed by atoms with Crippen molar-refractivity contribution >= 4 is 16.8 Å². The van der Waals surface area contributed by atoms with E-state index in [1.54, 1.807) is 12.3 Å². The number of carbonyl (C=O) groups is 1. The number of hydrogen-bond donors (Lipinski definition) is 2. The van der Waals surface area contributed by atoms with Gasteiger partial charge in [0.05, 0.1) is 5.69 Å². The lowest BCUT2D eigenvalue weighted by Gasteiger charge is -2.10. The van der Waals surface area contributed by atoms with E-state index in [1.165, 1.54) is 10.9 Å². The Labute approximate surface area is 170 Å². The zero-order valence-corrected chi connectivity index (χ0v) is 17.1. The number of rotatable bonds is 4. The number of aromatic amines is 1. The summed E-state index contributed by atoms with van der Waals surface area (Å²) in [6.45, 7) is 8.47. The molecule has 0 aliphatic heterocycles. The molecule has 0 bridgehead atoms. The van der Waals surface area contributed by atoms with Crippen LogP contribution >= 0.6 is 0 Å². The fourth-order valence-corrected chi connectivity index (χ4v) is 3.91. The Morgan fingerprint density at radius 1 is 0.966 bits per heavy atom. The highest BCUT2D eigenvalue weighted by Crippen LogP contribution is 2.37. The van der Waals surface area contributed by atoms with Gasteiger partial charge in [0.15, 0.2) is 0 Å². The molecule has 1 aromatic carbocycles. The average Bonchev–Trinajstić information content (AvgIpc) is 3.06. The standard InChI is InChI=1S/C24H24N4O/c1-13(2)22-19-11-16(17-6-8-21(24(25)29)26-12-17)5-7-20(19)28-23(22)18-9-14(3)27-15(4)10-18/h5-13,28H,1-4H3,(H2,25,29). The van der Waals surface area contributed by atoms with Crippen LogP contribution in [0, 0.1) is 13.8 Å². The SMILES string of the molecule is Cc1cc(-c2[nH]c3ccc(-c4ccc(C(N)=O)nc4)cc3c2C(C)C)cc(C)n1. The molecule has 0 fully saturated rings. The van der Waals surface area contributed by atoms with E-state index in [1.807, 2.05) is 19.9 Å². The highest BCUT2D eigenvalue weighted by molar-refractivity contribution is 5.95. The van der Waals surface area contributed by atoms with Gasteiger partial charge in [0, 0.05) is 39.6 Å². The van der Waals surface area contributed by atoms with Crippen LogP contribution in [0.2, 0.25) is 0 Å². The van der Waals surface area contributed by atoms with Gasteiger partial charge in [-0.15, -0.1) is 0 Å². The normalized spacial score (nSPS) is 11.3. The van der Waals surface area contributed by atoms with E-state index >= 15 is 0 Å². The maximum atomic E-state index is 11.3. The molecule has 146 valence electrons. The largest absolute Gasteiger partial charge is 0.364 e. The number of H-pyrrole nitrogens is 1. The molecule has 0 unspecified atom stereocenters. The third-order valence-electron chi connectivity index (χ3n) is 5.14. The summed E-state index contributed by atoms with van der Waals surface area (Å²) in [6.07, 6.45) is 1.69. The summed E-state index contributed by atoms with van der Waals surface area (Å²) in [7, 11) is 0. The minimum absolute atomic E-state index is 0.269. The Morgan fingerprint density at radius 3 is 2.24 bits per heavy atom. The van der Waals surface area contributed by atoms with Gasteiger partial charge in [0.2, 0.25) is 0 Å². The molecule has 3 aromatic heterocycles. The number of hydrogen-bond acceptors (Lipinski definition) is 3. The highest BCUT2D eigenvalue weighted by Gasteiger charge is 2.17. The summed E-state index contributed by atoms with van der Waals surface area (Å²) in [4.78, 5) is 23.6.